The van der Waals surface area contributed by atoms with Crippen molar-refractivity contribution in [1.82, 2.24) is 26.2 Å². The van der Waals surface area contributed by atoms with Gasteiger partial charge in [0.1, 0.15) is 36.0 Å². The molecule has 3 unspecified atom stereocenters. The minimum absolute atomic E-state index is 0.00512. The first-order valence-corrected chi connectivity index (χ1v) is 20.4. The van der Waals surface area contributed by atoms with Gasteiger partial charge in [0.15, 0.2) is 0 Å². The van der Waals surface area contributed by atoms with Crippen LogP contribution in [0.15, 0.2) is 24.3 Å². The number of carboxylic acids is 1. The predicted molar refractivity (Wildman–Crippen MR) is 207 cm³/mol. The summed E-state index contributed by atoms with van der Waals surface area (Å²) >= 11 is 0. The molecule has 5 amide bonds. The molecule has 3 fully saturated rings. The van der Waals surface area contributed by atoms with Crippen molar-refractivity contribution in [3.05, 3.63) is 29.8 Å². The van der Waals surface area contributed by atoms with Crippen molar-refractivity contribution >= 4 is 35.5 Å². The van der Waals surface area contributed by atoms with Crippen molar-refractivity contribution in [1.29, 1.82) is 0 Å². The van der Waals surface area contributed by atoms with Gasteiger partial charge in [-0.25, -0.2) is 4.79 Å². The van der Waals surface area contributed by atoms with Gasteiger partial charge in [-0.3, -0.25) is 24.0 Å². The van der Waals surface area contributed by atoms with Crippen LogP contribution in [0, 0.1) is 29.6 Å². The highest BCUT2D eigenvalue weighted by Gasteiger charge is 2.42. The number of nitrogens with zero attached hydrogens (tertiary/aromatic N) is 1. The van der Waals surface area contributed by atoms with Crippen LogP contribution in [0.1, 0.15) is 110 Å². The number of aliphatic carboxylic acids is 1. The maximum Gasteiger partial charge on any atom is 0.326 e. The summed E-state index contributed by atoms with van der Waals surface area (Å²) in [5.74, 6) is -2.22. The molecule has 2 aliphatic carbocycles. The standard InChI is InChI=1S/C41H64N6O8/c1-5-25(4)36(39(52)45-33(41(54)55)19-24(2)3)46-37(50)32(22-26-12-15-30(48)16-13-26)44-38(51)34-10-8-18-47(34)40(53)31(9-6-7-17-42)43-35(49)23-29-21-27-11-14-28(29)20-27/h12-13,15-16,24-25,27-29,31-34,36,48H,5-11,14,17-23,42H2,1-4H3,(H,43,49)(H,44,51)(H,45,52)(H,46,50)(H,54,55)/t25-,27?,28?,29?,31-,32-,33-,34-,36-/m0/s1. The maximum atomic E-state index is 14.1. The van der Waals surface area contributed by atoms with Crippen LogP contribution in [-0.2, 0) is 35.2 Å². The van der Waals surface area contributed by atoms with E-state index in [4.69, 9.17) is 5.73 Å². The number of nitrogens with one attached hydrogen (secondary N) is 4. The van der Waals surface area contributed by atoms with Crippen molar-refractivity contribution in [2.45, 2.75) is 141 Å². The van der Waals surface area contributed by atoms with Crippen molar-refractivity contribution in [2.24, 2.45) is 35.3 Å². The van der Waals surface area contributed by atoms with Crippen molar-refractivity contribution in [3.63, 3.8) is 0 Å². The number of carboxylic acid groups (broad SMARTS) is 1. The SMILES string of the molecule is CC[C@H](C)[C@H](NC(=O)[C@H](Cc1ccc(O)cc1)NC(=O)[C@@H]1CCCN1C(=O)[C@H](CCCCN)NC(=O)CC1CC2CCC1C2)C(=O)N[C@@H](CC(C)C)C(=O)O. The number of hydrogen-bond acceptors (Lipinski definition) is 8. The van der Waals surface area contributed by atoms with Gasteiger partial charge >= 0.3 is 5.97 Å². The number of likely N-dealkylation sites (tertiary alicyclic amines) is 1. The van der Waals surface area contributed by atoms with Crippen LogP contribution in [0.5, 0.6) is 5.75 Å². The van der Waals surface area contributed by atoms with Gasteiger partial charge in [-0.2, -0.15) is 0 Å². The number of fused-ring (bicyclic) bond motifs is 2. The van der Waals surface area contributed by atoms with Gasteiger partial charge in [0.05, 0.1) is 0 Å². The summed E-state index contributed by atoms with van der Waals surface area (Å²) in [4.78, 5) is 82.6. The lowest BCUT2D eigenvalue weighted by molar-refractivity contribution is -0.143. The number of carbonyl (C=O) groups excluding carboxylic acids is 5. The Balaban J connectivity index is 1.50. The Morgan fingerprint density at radius 1 is 0.873 bits per heavy atom. The van der Waals surface area contributed by atoms with Gasteiger partial charge in [-0.15, -0.1) is 0 Å². The van der Waals surface area contributed by atoms with Crippen molar-refractivity contribution in [3.8, 4) is 5.75 Å². The van der Waals surface area contributed by atoms with Crippen LogP contribution in [0.2, 0.25) is 0 Å². The quantitative estimate of drug-likeness (QED) is 0.0913. The molecule has 2 saturated carbocycles. The van der Waals surface area contributed by atoms with Gasteiger partial charge in [0, 0.05) is 19.4 Å². The third kappa shape index (κ3) is 12.4. The largest absolute Gasteiger partial charge is 0.508 e. The molecule has 1 saturated heterocycles. The summed E-state index contributed by atoms with van der Waals surface area (Å²) in [6, 6.07) is 1.09. The molecule has 306 valence electrons. The van der Waals surface area contributed by atoms with Crippen LogP contribution in [0.4, 0.5) is 0 Å². The Kier molecular flexibility index (Phi) is 16.3. The zero-order valence-corrected chi connectivity index (χ0v) is 33.1. The third-order valence-electron chi connectivity index (χ3n) is 11.9. The number of unbranched alkanes of at least 4 members (excludes halogenated alkanes) is 1. The fraction of sp³-hybridized carbons (Fsp3) is 0.707. The lowest BCUT2D eigenvalue weighted by atomic mass is 9.86. The molecule has 14 heteroatoms. The smallest absolute Gasteiger partial charge is 0.326 e. The van der Waals surface area contributed by atoms with E-state index in [1.165, 1.54) is 29.9 Å². The Hall–Kier alpha value is -4.20. The summed E-state index contributed by atoms with van der Waals surface area (Å²) in [5.41, 5.74) is 6.38. The van der Waals surface area contributed by atoms with Gasteiger partial charge in [-0.05, 0) is 112 Å². The molecular formula is C41H64N6O8. The second kappa shape index (κ2) is 20.6. The molecule has 0 aromatic heterocycles. The van der Waals surface area contributed by atoms with E-state index < -0.39 is 53.9 Å². The average Bonchev–Trinajstić information content (AvgIpc) is 3.91. The molecule has 9 atom stereocenters. The third-order valence-corrected chi connectivity index (χ3v) is 11.9. The molecule has 14 nitrogen and oxygen atoms in total. The highest BCUT2D eigenvalue weighted by molar-refractivity contribution is 5.96. The summed E-state index contributed by atoms with van der Waals surface area (Å²) in [6.07, 6.45) is 8.39. The van der Waals surface area contributed by atoms with Crippen molar-refractivity contribution in [2.75, 3.05) is 13.1 Å². The number of amides is 5. The number of phenolic OH excluding ortho intramolecular Hbond substituents is 1. The molecule has 8 N–H and O–H groups in total. The molecule has 3 aliphatic rings. The van der Waals surface area contributed by atoms with E-state index >= 15 is 0 Å². The lowest BCUT2D eigenvalue weighted by Gasteiger charge is -2.31. The molecule has 0 radical (unpaired) electrons. The summed E-state index contributed by atoms with van der Waals surface area (Å²) in [5, 5.41) is 30.9. The predicted octanol–water partition coefficient (Wildman–Crippen LogP) is 3.00. The van der Waals surface area contributed by atoms with Gasteiger partial charge in [0.2, 0.25) is 29.5 Å². The number of phenols is 1. The summed E-state index contributed by atoms with van der Waals surface area (Å²) < 4.78 is 0. The van der Waals surface area contributed by atoms with E-state index in [0.717, 1.165) is 12.8 Å². The topological polar surface area (TPSA) is 220 Å². The summed E-state index contributed by atoms with van der Waals surface area (Å²) in [7, 11) is 0. The Labute approximate surface area is 325 Å². The molecular weight excluding hydrogens is 704 g/mol. The minimum Gasteiger partial charge on any atom is -0.508 e. The Bertz CT molecular complexity index is 1490. The second-order valence-electron chi connectivity index (χ2n) is 16.6. The first-order chi connectivity index (χ1) is 26.2. The van der Waals surface area contributed by atoms with Gasteiger partial charge in [0.25, 0.3) is 0 Å². The van der Waals surface area contributed by atoms with E-state index in [-0.39, 0.29) is 42.2 Å². The summed E-state index contributed by atoms with van der Waals surface area (Å²) in [6.45, 7) is 8.10. The van der Waals surface area contributed by atoms with Crippen LogP contribution >= 0.6 is 0 Å². The number of carbonyl (C=O) groups is 6. The fourth-order valence-electron chi connectivity index (χ4n) is 8.63. The van der Waals surface area contributed by atoms with E-state index in [1.54, 1.807) is 19.1 Å². The molecule has 1 aromatic rings. The van der Waals surface area contributed by atoms with E-state index in [9.17, 15) is 39.0 Å². The average molecular weight is 769 g/mol. The molecule has 55 heavy (non-hydrogen) atoms. The van der Waals surface area contributed by atoms with E-state index in [0.29, 0.717) is 81.4 Å². The highest BCUT2D eigenvalue weighted by Crippen LogP contribution is 2.49. The zero-order chi connectivity index (χ0) is 40.2. The number of nitrogens with two attached hydrogens (primary N) is 1. The Morgan fingerprint density at radius 3 is 2.20 bits per heavy atom. The first-order valence-electron chi connectivity index (χ1n) is 20.4. The molecule has 2 bridgehead atoms. The van der Waals surface area contributed by atoms with Crippen LogP contribution in [-0.4, -0.2) is 93.9 Å². The lowest BCUT2D eigenvalue weighted by Crippen LogP contribution is -2.60. The number of rotatable bonds is 21. The van der Waals surface area contributed by atoms with Gasteiger partial charge in [-0.1, -0.05) is 52.7 Å². The molecule has 1 aliphatic heterocycles. The number of hydrogen-bond donors (Lipinski definition) is 7. The van der Waals surface area contributed by atoms with E-state index in [1.807, 2.05) is 20.8 Å². The normalized spacial score (nSPS) is 23.1. The van der Waals surface area contributed by atoms with Gasteiger partial charge < -0.3 is 42.1 Å². The highest BCUT2D eigenvalue weighted by atomic mass is 16.4. The molecule has 0 spiro atoms. The number of aromatic hydroxyl groups is 1. The monoisotopic (exact) mass is 768 g/mol. The van der Waals surface area contributed by atoms with Crippen LogP contribution in [0.3, 0.4) is 0 Å². The van der Waals surface area contributed by atoms with Crippen LogP contribution in [0.25, 0.3) is 0 Å². The zero-order valence-electron chi connectivity index (χ0n) is 33.1. The Morgan fingerprint density at radius 2 is 1.60 bits per heavy atom. The van der Waals surface area contributed by atoms with Crippen molar-refractivity contribution < 1.29 is 39.0 Å². The molecule has 4 rings (SSSR count). The second-order valence-corrected chi connectivity index (χ2v) is 16.6. The van der Waals surface area contributed by atoms with Crippen LogP contribution < -0.4 is 27.0 Å². The molecule has 1 aromatic carbocycles. The van der Waals surface area contributed by atoms with E-state index in [2.05, 4.69) is 21.3 Å². The number of benzene rings is 1. The maximum absolute atomic E-state index is 14.1. The minimum atomic E-state index is -1.18. The first kappa shape index (κ1) is 43.5. The fourth-order valence-corrected chi connectivity index (χ4v) is 8.63. The molecule has 1 heterocycles.